The molecule has 0 aliphatic carbocycles. The van der Waals surface area contributed by atoms with Gasteiger partial charge < -0.3 is 15.3 Å². The van der Waals surface area contributed by atoms with E-state index in [2.05, 4.69) is 15.2 Å². The second-order valence-electron chi connectivity index (χ2n) is 6.25. The van der Waals surface area contributed by atoms with Crippen LogP contribution in [-0.4, -0.2) is 47.1 Å². The first kappa shape index (κ1) is 17.1. The molecule has 24 heavy (non-hydrogen) atoms. The number of β-amino-alcohol motifs (C(OH)–C–C–N with tert-alkyl or cyclic N) is 1. The zero-order chi connectivity index (χ0) is 16.8. The highest BCUT2D eigenvalue weighted by atomic mass is 32.1. The van der Waals surface area contributed by atoms with E-state index in [9.17, 15) is 9.90 Å². The van der Waals surface area contributed by atoms with Crippen molar-refractivity contribution < 1.29 is 9.90 Å². The minimum atomic E-state index is -0.438. The van der Waals surface area contributed by atoms with Gasteiger partial charge in [-0.3, -0.25) is 4.79 Å². The van der Waals surface area contributed by atoms with Gasteiger partial charge in [-0.2, -0.15) is 0 Å². The molecule has 1 aromatic carbocycles. The Balaban J connectivity index is 1.39. The van der Waals surface area contributed by atoms with E-state index in [-0.39, 0.29) is 5.91 Å². The van der Waals surface area contributed by atoms with Crippen molar-refractivity contribution >= 4 is 17.2 Å². The van der Waals surface area contributed by atoms with Crippen molar-refractivity contribution in [2.45, 2.75) is 18.9 Å². The highest BCUT2D eigenvalue weighted by Gasteiger charge is 2.22. The molecule has 2 heterocycles. The molecule has 0 spiro atoms. The number of aliphatic hydroxyl groups is 1. The normalized spacial score (nSPS) is 17.5. The number of likely N-dealkylation sites (tertiary alicyclic amines) is 1. The molecule has 0 saturated carbocycles. The fraction of sp³-hybridized carbons (Fsp3) is 0.444. The minimum absolute atomic E-state index is 0.0850. The molecule has 1 aliphatic rings. The van der Waals surface area contributed by atoms with E-state index in [0.29, 0.717) is 24.7 Å². The number of hydrogen-bond acceptors (Lipinski definition) is 5. The van der Waals surface area contributed by atoms with Gasteiger partial charge >= 0.3 is 0 Å². The van der Waals surface area contributed by atoms with E-state index >= 15 is 0 Å². The summed E-state index contributed by atoms with van der Waals surface area (Å²) in [6.07, 6.45) is 1.64. The predicted octanol–water partition coefficient (Wildman–Crippen LogP) is 2.32. The van der Waals surface area contributed by atoms with Crippen molar-refractivity contribution in [3.8, 4) is 0 Å². The first-order valence-corrected chi connectivity index (χ1v) is 9.28. The number of benzene rings is 1. The standard InChI is InChI=1S/C18H23N3O2S/c22-17(15-4-2-1-3-5-15)11-21-8-6-14(7-9-21)10-19-18(23)16-12-24-13-20-16/h1-5,12-14,17,22H,6-11H2,(H,19,23). The molecule has 1 aromatic heterocycles. The Hall–Kier alpha value is -1.76. The molecule has 3 rings (SSSR count). The summed E-state index contributed by atoms with van der Waals surface area (Å²) in [5, 5.41) is 15.1. The van der Waals surface area contributed by atoms with Crippen molar-refractivity contribution in [3.63, 3.8) is 0 Å². The van der Waals surface area contributed by atoms with Gasteiger partial charge in [-0.1, -0.05) is 30.3 Å². The van der Waals surface area contributed by atoms with Gasteiger partial charge in [-0.25, -0.2) is 4.98 Å². The lowest BCUT2D eigenvalue weighted by molar-refractivity contribution is 0.0850. The number of nitrogens with one attached hydrogen (secondary N) is 1. The Labute approximate surface area is 146 Å². The fourth-order valence-corrected chi connectivity index (χ4v) is 3.58. The van der Waals surface area contributed by atoms with E-state index in [0.717, 1.165) is 31.5 Å². The van der Waals surface area contributed by atoms with Crippen molar-refractivity contribution in [1.29, 1.82) is 0 Å². The smallest absolute Gasteiger partial charge is 0.270 e. The molecule has 0 bridgehead atoms. The molecule has 1 atom stereocenters. The van der Waals surface area contributed by atoms with Crippen LogP contribution in [-0.2, 0) is 0 Å². The quantitative estimate of drug-likeness (QED) is 0.843. The van der Waals surface area contributed by atoms with Crippen LogP contribution in [0.5, 0.6) is 0 Å². The molecular weight excluding hydrogens is 322 g/mol. The maximum Gasteiger partial charge on any atom is 0.270 e. The summed E-state index contributed by atoms with van der Waals surface area (Å²) in [5.74, 6) is 0.413. The van der Waals surface area contributed by atoms with E-state index in [1.165, 1.54) is 11.3 Å². The number of aliphatic hydroxyl groups excluding tert-OH is 1. The van der Waals surface area contributed by atoms with Crippen LogP contribution in [0, 0.1) is 5.92 Å². The summed E-state index contributed by atoms with van der Waals surface area (Å²) in [6.45, 7) is 3.29. The molecule has 6 heteroatoms. The minimum Gasteiger partial charge on any atom is -0.387 e. The fourth-order valence-electron chi connectivity index (χ4n) is 3.05. The molecule has 1 unspecified atom stereocenters. The van der Waals surface area contributed by atoms with E-state index in [4.69, 9.17) is 0 Å². The first-order chi connectivity index (χ1) is 11.7. The van der Waals surface area contributed by atoms with E-state index < -0.39 is 6.10 Å². The van der Waals surface area contributed by atoms with Crippen LogP contribution in [0.2, 0.25) is 0 Å². The zero-order valence-electron chi connectivity index (χ0n) is 13.6. The van der Waals surface area contributed by atoms with Crippen LogP contribution < -0.4 is 5.32 Å². The van der Waals surface area contributed by atoms with Crippen molar-refractivity contribution in [2.75, 3.05) is 26.2 Å². The van der Waals surface area contributed by atoms with Crippen molar-refractivity contribution in [1.82, 2.24) is 15.2 Å². The van der Waals surface area contributed by atoms with E-state index in [1.807, 2.05) is 30.3 Å². The number of hydrogen-bond donors (Lipinski definition) is 2. The molecule has 2 N–H and O–H groups in total. The molecular formula is C18H23N3O2S. The van der Waals surface area contributed by atoms with E-state index in [1.54, 1.807) is 10.9 Å². The van der Waals surface area contributed by atoms with Gasteiger partial charge in [-0.05, 0) is 37.4 Å². The van der Waals surface area contributed by atoms with Crippen molar-refractivity contribution in [2.24, 2.45) is 5.92 Å². The lowest BCUT2D eigenvalue weighted by Gasteiger charge is -2.33. The summed E-state index contributed by atoms with van der Waals surface area (Å²) in [5.41, 5.74) is 3.14. The molecule has 5 nitrogen and oxygen atoms in total. The topological polar surface area (TPSA) is 65.5 Å². The second-order valence-corrected chi connectivity index (χ2v) is 6.97. The third-order valence-corrected chi connectivity index (χ3v) is 5.13. The highest BCUT2D eigenvalue weighted by molar-refractivity contribution is 7.07. The number of carbonyl (C=O) groups is 1. The predicted molar refractivity (Wildman–Crippen MR) is 95.0 cm³/mol. The van der Waals surface area contributed by atoms with Crippen LogP contribution in [0.1, 0.15) is 35.0 Å². The lowest BCUT2D eigenvalue weighted by atomic mass is 9.96. The summed E-state index contributed by atoms with van der Waals surface area (Å²) in [4.78, 5) is 18.2. The van der Waals surface area contributed by atoms with Gasteiger partial charge in [0, 0.05) is 18.5 Å². The molecule has 1 aliphatic heterocycles. The number of aromatic nitrogens is 1. The van der Waals surface area contributed by atoms with Crippen LogP contribution in [0.3, 0.4) is 0 Å². The van der Waals surface area contributed by atoms with Gasteiger partial charge in [0.15, 0.2) is 0 Å². The SMILES string of the molecule is O=C(NCC1CCN(CC(O)c2ccccc2)CC1)c1cscn1. The average molecular weight is 345 g/mol. The third-order valence-electron chi connectivity index (χ3n) is 4.54. The third kappa shape index (κ3) is 4.63. The Morgan fingerprint density at radius 2 is 2.08 bits per heavy atom. The van der Waals surface area contributed by atoms with Crippen LogP contribution >= 0.6 is 11.3 Å². The first-order valence-electron chi connectivity index (χ1n) is 8.34. The molecule has 0 radical (unpaired) electrons. The van der Waals surface area contributed by atoms with Gasteiger partial charge in [0.25, 0.3) is 5.91 Å². The summed E-state index contributed by atoms with van der Waals surface area (Å²) < 4.78 is 0. The Bertz CT molecular complexity index is 625. The van der Waals surface area contributed by atoms with Crippen LogP contribution in [0.4, 0.5) is 0 Å². The molecule has 128 valence electrons. The van der Waals surface area contributed by atoms with Gasteiger partial charge in [0.1, 0.15) is 5.69 Å². The lowest BCUT2D eigenvalue weighted by Crippen LogP contribution is -2.40. The Kier molecular flexibility index (Phi) is 5.96. The maximum absolute atomic E-state index is 11.9. The number of amides is 1. The summed E-state index contributed by atoms with van der Waals surface area (Å²) >= 11 is 1.43. The van der Waals surface area contributed by atoms with Crippen LogP contribution in [0.15, 0.2) is 41.2 Å². The summed E-state index contributed by atoms with van der Waals surface area (Å²) in [6, 6.07) is 9.80. The van der Waals surface area contributed by atoms with Gasteiger partial charge in [0.05, 0.1) is 11.6 Å². The Morgan fingerprint density at radius 1 is 1.33 bits per heavy atom. The number of rotatable bonds is 6. The molecule has 2 aromatic rings. The number of carbonyl (C=O) groups excluding carboxylic acids is 1. The molecule has 1 saturated heterocycles. The van der Waals surface area contributed by atoms with Gasteiger partial charge in [0.2, 0.25) is 0 Å². The van der Waals surface area contributed by atoms with Crippen LogP contribution in [0.25, 0.3) is 0 Å². The second kappa shape index (κ2) is 8.37. The monoisotopic (exact) mass is 345 g/mol. The Morgan fingerprint density at radius 3 is 2.75 bits per heavy atom. The largest absolute Gasteiger partial charge is 0.387 e. The number of thiazole rings is 1. The van der Waals surface area contributed by atoms with Crippen molar-refractivity contribution in [3.05, 3.63) is 52.5 Å². The molecule has 1 fully saturated rings. The zero-order valence-corrected chi connectivity index (χ0v) is 14.4. The summed E-state index contributed by atoms with van der Waals surface area (Å²) in [7, 11) is 0. The molecule has 1 amide bonds. The highest BCUT2D eigenvalue weighted by Crippen LogP contribution is 2.20. The number of nitrogens with zero attached hydrogens (tertiary/aromatic N) is 2. The average Bonchev–Trinajstić information content (AvgIpc) is 3.16. The van der Waals surface area contributed by atoms with Gasteiger partial charge in [-0.15, -0.1) is 11.3 Å². The maximum atomic E-state index is 11.9. The number of piperidine rings is 1.